The van der Waals surface area contributed by atoms with E-state index in [9.17, 15) is 28.8 Å². The first kappa shape index (κ1) is 42.4. The molecule has 0 spiro atoms. The molecule has 0 aliphatic rings. The van der Waals surface area contributed by atoms with E-state index >= 15 is 0 Å². The molecule has 0 aromatic heterocycles. The molecule has 0 aliphatic carbocycles. The zero-order valence-electron chi connectivity index (χ0n) is 33.0. The van der Waals surface area contributed by atoms with Gasteiger partial charge < -0.3 is 28.4 Å². The number of esters is 3. The summed E-state index contributed by atoms with van der Waals surface area (Å²) in [7, 11) is 3.74. The molecule has 0 N–H and O–H groups in total. The summed E-state index contributed by atoms with van der Waals surface area (Å²) >= 11 is 0. The lowest BCUT2D eigenvalue weighted by Crippen LogP contribution is -2.27. The van der Waals surface area contributed by atoms with Crippen LogP contribution in [0.25, 0.3) is 0 Å². The number of hydrogen-bond acceptors (Lipinski definition) is 12. The summed E-state index contributed by atoms with van der Waals surface area (Å²) in [5.41, 5.74) is 4.85. The third-order valence-corrected chi connectivity index (χ3v) is 10.0. The van der Waals surface area contributed by atoms with E-state index in [1.54, 1.807) is 39.0 Å². The molecule has 0 amide bonds. The van der Waals surface area contributed by atoms with Gasteiger partial charge in [0.2, 0.25) is 0 Å². The Hall–Kier alpha value is -6.30. The van der Waals surface area contributed by atoms with Crippen molar-refractivity contribution in [1.29, 1.82) is 0 Å². The minimum atomic E-state index is -1.00. The lowest BCUT2D eigenvalue weighted by molar-refractivity contribution is -0.143. The predicted molar refractivity (Wildman–Crippen MR) is 206 cm³/mol. The summed E-state index contributed by atoms with van der Waals surface area (Å²) in [6.45, 7) is 10.2. The number of aryl methyl sites for hydroxylation is 3. The van der Waals surface area contributed by atoms with Gasteiger partial charge in [-0.1, -0.05) is 56.3 Å². The normalized spacial score (nSPS) is 11.2. The summed E-state index contributed by atoms with van der Waals surface area (Å²) in [5, 5.41) is 0. The molecular formula is C44H46O12. The first-order valence-electron chi connectivity index (χ1n) is 17.6. The number of rotatable bonds is 17. The summed E-state index contributed by atoms with van der Waals surface area (Å²) < 4.78 is 31.2. The Morgan fingerprint density at radius 3 is 1.11 bits per heavy atom. The van der Waals surface area contributed by atoms with Gasteiger partial charge in [0, 0.05) is 10.8 Å². The van der Waals surface area contributed by atoms with Crippen LogP contribution in [0.2, 0.25) is 0 Å². The van der Waals surface area contributed by atoms with Crippen LogP contribution in [0.1, 0.15) is 96.4 Å². The first-order chi connectivity index (χ1) is 26.6. The molecule has 4 aromatic rings. The van der Waals surface area contributed by atoms with E-state index in [0.717, 1.165) is 16.7 Å². The van der Waals surface area contributed by atoms with Gasteiger partial charge in [-0.3, -0.25) is 14.4 Å². The van der Waals surface area contributed by atoms with Crippen LogP contribution in [-0.4, -0.2) is 77.9 Å². The summed E-state index contributed by atoms with van der Waals surface area (Å²) in [5.74, 6) is -1.02. The van der Waals surface area contributed by atoms with Gasteiger partial charge in [0.05, 0.1) is 38.0 Å². The first-order valence-corrected chi connectivity index (χ1v) is 17.6. The Morgan fingerprint density at radius 1 is 0.482 bits per heavy atom. The average molecular weight is 767 g/mol. The van der Waals surface area contributed by atoms with Gasteiger partial charge in [0.1, 0.15) is 17.2 Å². The highest BCUT2D eigenvalue weighted by Crippen LogP contribution is 2.44. The molecule has 0 saturated carbocycles. The molecule has 294 valence electrons. The van der Waals surface area contributed by atoms with Crippen molar-refractivity contribution in [3.05, 3.63) is 122 Å². The molecule has 12 nitrogen and oxygen atoms in total. The highest BCUT2D eigenvalue weighted by molar-refractivity contribution is 5.84. The standard InChI is InChI=1S/C44H46O12/c1-26-14-34(17-29(20-45)40(26)54-23-37(48)51-7)43(4,5)32-10-12-33(13-11-32)44(6,35-15-27(2)41(30(18-35)21-46)55-24-38(49)52-8)36-16-28(3)42(31(19-36)22-47)56-25-39(50)53-9/h10-22H,23-25H2,1-9H3. The number of methoxy groups -OCH3 is 3. The molecule has 0 heterocycles. The van der Waals surface area contributed by atoms with Gasteiger partial charge >= 0.3 is 17.9 Å². The summed E-state index contributed by atoms with van der Waals surface area (Å²) in [6.07, 6.45) is 2.00. The maximum atomic E-state index is 12.5. The van der Waals surface area contributed by atoms with Gasteiger partial charge in [-0.2, -0.15) is 0 Å². The molecule has 0 saturated heterocycles. The van der Waals surface area contributed by atoms with Gasteiger partial charge in [-0.15, -0.1) is 0 Å². The van der Waals surface area contributed by atoms with E-state index in [1.165, 1.54) is 21.3 Å². The Kier molecular flexibility index (Phi) is 13.6. The largest absolute Gasteiger partial charge is 0.481 e. The van der Waals surface area contributed by atoms with Crippen LogP contribution in [0, 0.1) is 20.8 Å². The van der Waals surface area contributed by atoms with Crippen LogP contribution >= 0.6 is 0 Å². The summed E-state index contributed by atoms with van der Waals surface area (Å²) in [6, 6.07) is 18.7. The predicted octanol–water partition coefficient (Wildman–Crippen LogP) is 6.38. The van der Waals surface area contributed by atoms with Gasteiger partial charge in [0.25, 0.3) is 0 Å². The lowest BCUT2D eigenvalue weighted by atomic mass is 9.68. The van der Waals surface area contributed by atoms with E-state index in [2.05, 4.69) is 4.74 Å². The number of benzene rings is 4. The van der Waals surface area contributed by atoms with Gasteiger partial charge in [-0.25, -0.2) is 14.4 Å². The second kappa shape index (κ2) is 17.9. The van der Waals surface area contributed by atoms with E-state index in [-0.39, 0.29) is 29.2 Å². The lowest BCUT2D eigenvalue weighted by Gasteiger charge is -2.35. The SMILES string of the molecule is COC(=O)COc1c(C)cc(C(C)(C)c2ccc(C(C)(c3cc(C)c(OCC(=O)OC)c(C=O)c3)c3cc(C)c(OCC(=O)OC)c(C=O)c3)cc2)cc1C=O. The number of carbonyl (C=O) groups excluding carboxylic acids is 6. The smallest absolute Gasteiger partial charge is 0.343 e. The molecular weight excluding hydrogens is 720 g/mol. The van der Waals surface area contributed by atoms with Crippen LogP contribution in [-0.2, 0) is 39.4 Å². The van der Waals surface area contributed by atoms with Crippen molar-refractivity contribution >= 4 is 36.8 Å². The van der Waals surface area contributed by atoms with E-state index in [4.69, 9.17) is 23.7 Å². The minimum Gasteiger partial charge on any atom is -0.481 e. The van der Waals surface area contributed by atoms with Crippen LogP contribution in [0.15, 0.2) is 60.7 Å². The van der Waals surface area contributed by atoms with Crippen LogP contribution in [0.3, 0.4) is 0 Å². The monoisotopic (exact) mass is 766 g/mol. The molecule has 12 heteroatoms. The number of aldehydes is 3. The van der Waals surface area contributed by atoms with Gasteiger partial charge in [-0.05, 0) is 90.4 Å². The molecule has 0 bridgehead atoms. The van der Waals surface area contributed by atoms with E-state index < -0.39 is 42.0 Å². The Balaban J connectivity index is 1.89. The van der Waals surface area contributed by atoms with Crippen molar-refractivity contribution in [3.63, 3.8) is 0 Å². The highest BCUT2D eigenvalue weighted by atomic mass is 16.6. The van der Waals surface area contributed by atoms with Crippen molar-refractivity contribution in [2.75, 3.05) is 41.2 Å². The highest BCUT2D eigenvalue weighted by Gasteiger charge is 2.35. The molecule has 4 rings (SSSR count). The Labute approximate surface area is 326 Å². The maximum Gasteiger partial charge on any atom is 0.343 e. The third-order valence-electron chi connectivity index (χ3n) is 10.0. The number of ether oxygens (including phenoxy) is 6. The quantitative estimate of drug-likeness (QED) is 0.0506. The second-order valence-electron chi connectivity index (χ2n) is 13.9. The summed E-state index contributed by atoms with van der Waals surface area (Å²) in [4.78, 5) is 72.7. The van der Waals surface area contributed by atoms with Crippen LogP contribution < -0.4 is 14.2 Å². The van der Waals surface area contributed by atoms with Crippen LogP contribution in [0.5, 0.6) is 17.2 Å². The third kappa shape index (κ3) is 8.80. The van der Waals surface area contributed by atoms with Crippen molar-refractivity contribution in [1.82, 2.24) is 0 Å². The van der Waals surface area contributed by atoms with Crippen molar-refractivity contribution in [2.24, 2.45) is 0 Å². The molecule has 0 fully saturated rings. The molecule has 0 aliphatic heterocycles. The Bertz CT molecular complexity index is 2060. The second-order valence-corrected chi connectivity index (χ2v) is 13.9. The average Bonchev–Trinajstić information content (AvgIpc) is 3.20. The van der Waals surface area contributed by atoms with Crippen molar-refractivity contribution in [2.45, 2.75) is 52.4 Å². The molecule has 0 atom stereocenters. The molecule has 56 heavy (non-hydrogen) atoms. The maximum absolute atomic E-state index is 12.5. The van der Waals surface area contributed by atoms with Crippen molar-refractivity contribution in [3.8, 4) is 17.2 Å². The molecule has 4 aromatic carbocycles. The zero-order valence-corrected chi connectivity index (χ0v) is 33.0. The molecule has 0 unspecified atom stereocenters. The van der Waals surface area contributed by atoms with Gasteiger partial charge in [0.15, 0.2) is 38.7 Å². The number of carbonyl (C=O) groups is 6. The fourth-order valence-corrected chi connectivity index (χ4v) is 6.65. The zero-order chi connectivity index (χ0) is 41.4. The number of hydrogen-bond donors (Lipinski definition) is 0. The van der Waals surface area contributed by atoms with Crippen molar-refractivity contribution < 1.29 is 57.2 Å². The minimum absolute atomic E-state index is 0.207. The van der Waals surface area contributed by atoms with Crippen LogP contribution in [0.4, 0.5) is 0 Å². The fourth-order valence-electron chi connectivity index (χ4n) is 6.65. The Morgan fingerprint density at radius 2 is 0.786 bits per heavy atom. The van der Waals surface area contributed by atoms with E-state index in [0.29, 0.717) is 58.0 Å². The topological polar surface area (TPSA) is 158 Å². The van der Waals surface area contributed by atoms with E-state index in [1.807, 2.05) is 63.2 Å². The fraction of sp³-hybridized carbons (Fsp3) is 0.318. The molecule has 0 radical (unpaired) electrons.